The van der Waals surface area contributed by atoms with Gasteiger partial charge in [0.2, 0.25) is 0 Å². The van der Waals surface area contributed by atoms with Crippen molar-refractivity contribution in [2.75, 3.05) is 19.0 Å². The third kappa shape index (κ3) is 3.81. The summed E-state index contributed by atoms with van der Waals surface area (Å²) < 4.78 is 5.19. The third-order valence-corrected chi connectivity index (χ3v) is 2.88. The second-order valence-electron chi connectivity index (χ2n) is 4.25. The predicted molar refractivity (Wildman–Crippen MR) is 76.2 cm³/mol. The van der Waals surface area contributed by atoms with Gasteiger partial charge in [-0.25, -0.2) is 0 Å². The quantitative estimate of drug-likeness (QED) is 0.778. The standard InChI is InChI=1S/C16H19NO/c1-18-16-11-5-10-15(13-16)17-12-6-9-14-7-3-2-4-8-14/h2-5,7-8,10-11,13,17H,6,9,12H2,1H3. The second-order valence-corrected chi connectivity index (χ2v) is 4.25. The van der Waals surface area contributed by atoms with E-state index in [0.29, 0.717) is 0 Å². The smallest absolute Gasteiger partial charge is 0.120 e. The summed E-state index contributed by atoms with van der Waals surface area (Å²) in [5.74, 6) is 0.892. The van der Waals surface area contributed by atoms with E-state index >= 15 is 0 Å². The molecule has 0 heterocycles. The lowest BCUT2D eigenvalue weighted by Crippen LogP contribution is -2.03. The Kier molecular flexibility index (Phi) is 4.65. The molecule has 2 rings (SSSR count). The first kappa shape index (κ1) is 12.5. The van der Waals surface area contributed by atoms with Gasteiger partial charge >= 0.3 is 0 Å². The lowest BCUT2D eigenvalue weighted by molar-refractivity contribution is 0.415. The molecule has 0 saturated heterocycles. The van der Waals surface area contributed by atoms with Gasteiger partial charge in [0, 0.05) is 18.3 Å². The number of methoxy groups -OCH3 is 1. The maximum absolute atomic E-state index is 5.19. The number of hydrogen-bond acceptors (Lipinski definition) is 2. The summed E-state index contributed by atoms with van der Waals surface area (Å²) in [7, 11) is 1.69. The maximum atomic E-state index is 5.19. The Morgan fingerprint density at radius 2 is 1.83 bits per heavy atom. The van der Waals surface area contributed by atoms with Crippen LogP contribution < -0.4 is 10.1 Å². The predicted octanol–water partition coefficient (Wildman–Crippen LogP) is 3.74. The minimum absolute atomic E-state index is 0.892. The van der Waals surface area contributed by atoms with Gasteiger partial charge in [0.1, 0.15) is 5.75 Å². The average molecular weight is 241 g/mol. The highest BCUT2D eigenvalue weighted by Gasteiger charge is 1.95. The fraction of sp³-hybridized carbons (Fsp3) is 0.250. The molecule has 0 aliphatic heterocycles. The highest BCUT2D eigenvalue weighted by Crippen LogP contribution is 2.16. The first-order chi connectivity index (χ1) is 8.88. The molecule has 0 aliphatic carbocycles. The van der Waals surface area contributed by atoms with Crippen LogP contribution in [-0.2, 0) is 6.42 Å². The van der Waals surface area contributed by atoms with Crippen LogP contribution in [0.1, 0.15) is 12.0 Å². The van der Waals surface area contributed by atoms with Crippen LogP contribution in [-0.4, -0.2) is 13.7 Å². The van der Waals surface area contributed by atoms with Crippen molar-refractivity contribution < 1.29 is 4.74 Å². The third-order valence-electron chi connectivity index (χ3n) is 2.88. The maximum Gasteiger partial charge on any atom is 0.120 e. The lowest BCUT2D eigenvalue weighted by atomic mass is 10.1. The Hall–Kier alpha value is -1.96. The topological polar surface area (TPSA) is 21.3 Å². The monoisotopic (exact) mass is 241 g/mol. The van der Waals surface area contributed by atoms with Crippen molar-refractivity contribution in [1.82, 2.24) is 0 Å². The first-order valence-electron chi connectivity index (χ1n) is 6.30. The molecule has 18 heavy (non-hydrogen) atoms. The largest absolute Gasteiger partial charge is 0.497 e. The Labute approximate surface area is 109 Å². The molecular weight excluding hydrogens is 222 g/mol. The lowest BCUT2D eigenvalue weighted by Gasteiger charge is -2.08. The average Bonchev–Trinajstić information content (AvgIpc) is 2.45. The van der Waals surface area contributed by atoms with E-state index in [1.165, 1.54) is 5.56 Å². The number of ether oxygens (including phenoxy) is 1. The van der Waals surface area contributed by atoms with Crippen LogP contribution >= 0.6 is 0 Å². The van der Waals surface area contributed by atoms with Crippen molar-refractivity contribution in [3.05, 3.63) is 60.2 Å². The van der Waals surface area contributed by atoms with E-state index in [1.807, 2.05) is 18.2 Å². The molecule has 0 amide bonds. The second kappa shape index (κ2) is 6.70. The number of rotatable bonds is 6. The molecule has 0 bridgehead atoms. The minimum Gasteiger partial charge on any atom is -0.497 e. The van der Waals surface area contributed by atoms with Crippen LogP contribution in [0.2, 0.25) is 0 Å². The Morgan fingerprint density at radius 1 is 1.00 bits per heavy atom. The van der Waals surface area contributed by atoms with E-state index in [1.54, 1.807) is 7.11 Å². The highest BCUT2D eigenvalue weighted by atomic mass is 16.5. The summed E-state index contributed by atoms with van der Waals surface area (Å²) in [5, 5.41) is 3.41. The van der Waals surface area contributed by atoms with Crippen LogP contribution in [0.25, 0.3) is 0 Å². The van der Waals surface area contributed by atoms with Gasteiger partial charge < -0.3 is 10.1 Å². The molecule has 94 valence electrons. The number of hydrogen-bond donors (Lipinski definition) is 1. The number of nitrogens with one attached hydrogen (secondary N) is 1. The van der Waals surface area contributed by atoms with Gasteiger partial charge in [-0.3, -0.25) is 0 Å². The number of benzene rings is 2. The molecule has 0 saturated carbocycles. The minimum atomic E-state index is 0.892. The number of aryl methyl sites for hydroxylation is 1. The van der Waals surface area contributed by atoms with Crippen LogP contribution in [0.3, 0.4) is 0 Å². The van der Waals surface area contributed by atoms with Crippen LogP contribution in [0, 0.1) is 0 Å². The molecule has 2 aromatic carbocycles. The van der Waals surface area contributed by atoms with Crippen LogP contribution in [0.5, 0.6) is 5.75 Å². The van der Waals surface area contributed by atoms with Crippen molar-refractivity contribution in [3.63, 3.8) is 0 Å². The Balaban J connectivity index is 1.75. The van der Waals surface area contributed by atoms with E-state index in [-0.39, 0.29) is 0 Å². The Morgan fingerprint density at radius 3 is 2.61 bits per heavy atom. The summed E-state index contributed by atoms with van der Waals surface area (Å²) in [6, 6.07) is 18.6. The Bertz CT molecular complexity index is 468. The molecule has 0 aliphatic rings. The van der Waals surface area contributed by atoms with Crippen molar-refractivity contribution >= 4 is 5.69 Å². The van der Waals surface area contributed by atoms with E-state index in [4.69, 9.17) is 4.74 Å². The zero-order chi connectivity index (χ0) is 12.6. The van der Waals surface area contributed by atoms with E-state index in [2.05, 4.69) is 41.7 Å². The van der Waals surface area contributed by atoms with E-state index in [9.17, 15) is 0 Å². The molecule has 2 heteroatoms. The van der Waals surface area contributed by atoms with Crippen LogP contribution in [0.15, 0.2) is 54.6 Å². The summed E-state index contributed by atoms with van der Waals surface area (Å²) in [4.78, 5) is 0. The molecule has 1 N–H and O–H groups in total. The van der Waals surface area contributed by atoms with Gasteiger partial charge in [-0.15, -0.1) is 0 Å². The molecular formula is C16H19NO. The van der Waals surface area contributed by atoms with Crippen molar-refractivity contribution in [3.8, 4) is 5.75 Å². The van der Waals surface area contributed by atoms with Gasteiger partial charge in [-0.2, -0.15) is 0 Å². The SMILES string of the molecule is COc1cccc(NCCCc2ccccc2)c1. The molecule has 2 aromatic rings. The number of anilines is 1. The molecule has 0 spiro atoms. The molecule has 0 fully saturated rings. The van der Waals surface area contributed by atoms with Gasteiger partial charge in [0.15, 0.2) is 0 Å². The molecule has 0 atom stereocenters. The molecule has 2 nitrogen and oxygen atoms in total. The van der Waals surface area contributed by atoms with Gasteiger partial charge in [0.25, 0.3) is 0 Å². The fourth-order valence-electron chi connectivity index (χ4n) is 1.90. The zero-order valence-electron chi connectivity index (χ0n) is 10.7. The summed E-state index contributed by atoms with van der Waals surface area (Å²) in [5.41, 5.74) is 2.51. The summed E-state index contributed by atoms with van der Waals surface area (Å²) >= 11 is 0. The van der Waals surface area contributed by atoms with Crippen molar-refractivity contribution in [2.24, 2.45) is 0 Å². The zero-order valence-corrected chi connectivity index (χ0v) is 10.7. The summed E-state index contributed by atoms with van der Waals surface area (Å²) in [6.45, 7) is 0.974. The fourth-order valence-corrected chi connectivity index (χ4v) is 1.90. The van der Waals surface area contributed by atoms with E-state index < -0.39 is 0 Å². The van der Waals surface area contributed by atoms with Crippen LogP contribution in [0.4, 0.5) is 5.69 Å². The normalized spacial score (nSPS) is 10.1. The van der Waals surface area contributed by atoms with Crippen molar-refractivity contribution in [1.29, 1.82) is 0 Å². The van der Waals surface area contributed by atoms with Crippen molar-refractivity contribution in [2.45, 2.75) is 12.8 Å². The summed E-state index contributed by atoms with van der Waals surface area (Å²) in [6.07, 6.45) is 2.24. The van der Waals surface area contributed by atoms with Gasteiger partial charge in [-0.1, -0.05) is 36.4 Å². The van der Waals surface area contributed by atoms with Gasteiger partial charge in [0.05, 0.1) is 7.11 Å². The first-order valence-corrected chi connectivity index (χ1v) is 6.30. The van der Waals surface area contributed by atoms with E-state index in [0.717, 1.165) is 30.8 Å². The molecule has 0 unspecified atom stereocenters. The highest BCUT2D eigenvalue weighted by molar-refractivity contribution is 5.48. The molecule has 0 aromatic heterocycles. The van der Waals surface area contributed by atoms with Gasteiger partial charge in [-0.05, 0) is 30.5 Å². The molecule has 0 radical (unpaired) electrons.